The Kier molecular flexibility index (Phi) is 4.68. The molecule has 0 radical (unpaired) electrons. The Balaban J connectivity index is 1.77. The van der Waals surface area contributed by atoms with Gasteiger partial charge in [-0.15, -0.1) is 10.2 Å². The Labute approximate surface area is 146 Å². The van der Waals surface area contributed by atoms with E-state index in [0.29, 0.717) is 22.3 Å². The fourth-order valence-electron chi connectivity index (χ4n) is 2.10. The summed E-state index contributed by atoms with van der Waals surface area (Å²) in [6, 6.07) is 11.0. The molecule has 0 bridgehead atoms. The summed E-state index contributed by atoms with van der Waals surface area (Å²) in [5.74, 6) is 1.35. The number of hydrogen-bond acceptors (Lipinski definition) is 5. The molecule has 118 valence electrons. The first kappa shape index (κ1) is 16.0. The van der Waals surface area contributed by atoms with Crippen molar-refractivity contribution in [3.05, 3.63) is 52.7 Å². The molecule has 0 amide bonds. The number of aromatic nitrogens is 3. The van der Waals surface area contributed by atoms with Gasteiger partial charge in [0.05, 0.1) is 11.5 Å². The molecule has 0 aliphatic rings. The molecule has 2 heterocycles. The maximum atomic E-state index is 12.5. The first-order valence-corrected chi connectivity index (χ1v) is 8.63. The van der Waals surface area contributed by atoms with Crippen molar-refractivity contribution in [3.8, 4) is 11.6 Å². The van der Waals surface area contributed by atoms with Gasteiger partial charge in [0.25, 0.3) is 0 Å². The van der Waals surface area contributed by atoms with E-state index in [2.05, 4.69) is 26.1 Å². The molecule has 0 spiro atoms. The van der Waals surface area contributed by atoms with Crippen LogP contribution in [-0.4, -0.2) is 25.8 Å². The fraction of sp³-hybridized carbons (Fsp3) is 0.188. The van der Waals surface area contributed by atoms with Gasteiger partial charge in [-0.3, -0.25) is 4.79 Å². The van der Waals surface area contributed by atoms with Gasteiger partial charge in [0.2, 0.25) is 0 Å². The lowest BCUT2D eigenvalue weighted by Crippen LogP contribution is -2.14. The van der Waals surface area contributed by atoms with E-state index in [1.54, 1.807) is 12.3 Å². The van der Waals surface area contributed by atoms with Crippen molar-refractivity contribution in [2.45, 2.75) is 17.3 Å². The van der Waals surface area contributed by atoms with E-state index in [1.807, 2.05) is 48.9 Å². The highest BCUT2D eigenvalue weighted by Gasteiger charge is 2.21. The largest absolute Gasteiger partial charge is 0.461 e. The number of Topliss-reactive ketones (excluding diaryl/α,β-unsaturated/α-hetero) is 1. The van der Waals surface area contributed by atoms with Crippen LogP contribution in [0.1, 0.15) is 17.3 Å². The summed E-state index contributed by atoms with van der Waals surface area (Å²) in [4.78, 5) is 12.5. The fourth-order valence-corrected chi connectivity index (χ4v) is 3.25. The molecule has 0 saturated heterocycles. The summed E-state index contributed by atoms with van der Waals surface area (Å²) in [6.07, 6.45) is 1.59. The van der Waals surface area contributed by atoms with E-state index in [-0.39, 0.29) is 11.0 Å². The predicted octanol–water partition coefficient (Wildman–Crippen LogP) is 4.20. The number of carbonyl (C=O) groups excluding carboxylic acids is 1. The normalized spacial score (nSPS) is 12.3. The lowest BCUT2D eigenvalue weighted by atomic mass is 10.1. The highest BCUT2D eigenvalue weighted by molar-refractivity contribution is 9.10. The lowest BCUT2D eigenvalue weighted by Gasteiger charge is -2.10. The molecule has 3 aromatic rings. The van der Waals surface area contributed by atoms with Gasteiger partial charge in [-0.25, -0.2) is 0 Å². The van der Waals surface area contributed by atoms with Crippen LogP contribution in [0.4, 0.5) is 0 Å². The number of halogens is 1. The van der Waals surface area contributed by atoms with Gasteiger partial charge in [-0.05, 0) is 31.2 Å². The lowest BCUT2D eigenvalue weighted by molar-refractivity contribution is 0.0994. The van der Waals surface area contributed by atoms with Crippen LogP contribution in [0.25, 0.3) is 11.6 Å². The number of thioether (sulfide) groups is 1. The zero-order valence-electron chi connectivity index (χ0n) is 12.6. The molecule has 1 aromatic carbocycles. The molecular weight excluding hydrogens is 378 g/mol. The summed E-state index contributed by atoms with van der Waals surface area (Å²) >= 11 is 4.75. The molecule has 2 aromatic heterocycles. The number of carbonyl (C=O) groups is 1. The molecule has 3 rings (SSSR count). The average Bonchev–Trinajstić information content (AvgIpc) is 3.18. The second kappa shape index (κ2) is 6.72. The molecule has 23 heavy (non-hydrogen) atoms. The topological polar surface area (TPSA) is 60.9 Å². The highest BCUT2D eigenvalue weighted by Crippen LogP contribution is 2.27. The molecule has 7 heteroatoms. The third-order valence-corrected chi connectivity index (χ3v) is 5.02. The van der Waals surface area contributed by atoms with Gasteiger partial charge in [0, 0.05) is 17.1 Å². The Hall–Kier alpha value is -1.86. The Morgan fingerprint density at radius 3 is 2.65 bits per heavy atom. The minimum Gasteiger partial charge on any atom is -0.461 e. The molecule has 0 aliphatic carbocycles. The standard InChI is InChI=1S/C16H14BrN3O2S/c1-10(14(21)11-5-7-12(17)8-6-11)23-16-19-18-15(20(16)2)13-4-3-9-22-13/h3-10H,1-2H3. The van der Waals surface area contributed by atoms with Crippen LogP contribution in [0.2, 0.25) is 0 Å². The minimum atomic E-state index is -0.261. The zero-order chi connectivity index (χ0) is 16.4. The van der Waals surface area contributed by atoms with E-state index in [0.717, 1.165) is 4.47 Å². The number of rotatable bonds is 5. The summed E-state index contributed by atoms with van der Waals surface area (Å²) < 4.78 is 8.12. The van der Waals surface area contributed by atoms with Gasteiger partial charge in [0.1, 0.15) is 0 Å². The van der Waals surface area contributed by atoms with Crippen LogP contribution in [0.3, 0.4) is 0 Å². The second-order valence-corrected chi connectivity index (χ2v) is 7.20. The van der Waals surface area contributed by atoms with Crippen LogP contribution in [0, 0.1) is 0 Å². The number of hydrogen-bond donors (Lipinski definition) is 0. The summed E-state index contributed by atoms with van der Waals surface area (Å²) in [5.41, 5.74) is 0.682. The quantitative estimate of drug-likeness (QED) is 0.481. The maximum absolute atomic E-state index is 12.5. The minimum absolute atomic E-state index is 0.0602. The molecule has 0 saturated carbocycles. The highest BCUT2D eigenvalue weighted by atomic mass is 79.9. The van der Waals surface area contributed by atoms with Crippen molar-refractivity contribution in [3.63, 3.8) is 0 Å². The third kappa shape index (κ3) is 3.40. The Bertz CT molecular complexity index is 812. The zero-order valence-corrected chi connectivity index (χ0v) is 15.0. The summed E-state index contributed by atoms with van der Waals surface area (Å²) in [7, 11) is 1.86. The van der Waals surface area contributed by atoms with E-state index in [4.69, 9.17) is 4.42 Å². The molecule has 0 aliphatic heterocycles. The Morgan fingerprint density at radius 2 is 2.00 bits per heavy atom. The van der Waals surface area contributed by atoms with Crippen molar-refractivity contribution in [2.75, 3.05) is 0 Å². The first-order chi connectivity index (χ1) is 11.1. The third-order valence-electron chi connectivity index (χ3n) is 3.36. The molecule has 1 atom stereocenters. The molecule has 5 nitrogen and oxygen atoms in total. The molecule has 0 N–H and O–H groups in total. The van der Waals surface area contributed by atoms with Gasteiger partial charge in [-0.1, -0.05) is 39.8 Å². The molecular formula is C16H14BrN3O2S. The Morgan fingerprint density at radius 1 is 1.26 bits per heavy atom. The summed E-state index contributed by atoms with van der Waals surface area (Å²) in [6.45, 7) is 1.87. The van der Waals surface area contributed by atoms with Crippen LogP contribution < -0.4 is 0 Å². The molecule has 0 fully saturated rings. The van der Waals surface area contributed by atoms with E-state index in [9.17, 15) is 4.79 Å². The number of benzene rings is 1. The van der Waals surface area contributed by atoms with Gasteiger partial charge < -0.3 is 8.98 Å². The van der Waals surface area contributed by atoms with Crippen molar-refractivity contribution in [1.82, 2.24) is 14.8 Å². The van der Waals surface area contributed by atoms with Crippen molar-refractivity contribution < 1.29 is 9.21 Å². The van der Waals surface area contributed by atoms with Gasteiger partial charge in [0.15, 0.2) is 22.5 Å². The maximum Gasteiger partial charge on any atom is 0.200 e. The van der Waals surface area contributed by atoms with E-state index in [1.165, 1.54) is 11.8 Å². The van der Waals surface area contributed by atoms with Crippen LogP contribution >= 0.6 is 27.7 Å². The smallest absolute Gasteiger partial charge is 0.200 e. The first-order valence-electron chi connectivity index (χ1n) is 6.96. The number of nitrogens with zero attached hydrogens (tertiary/aromatic N) is 3. The second-order valence-electron chi connectivity index (χ2n) is 4.97. The van der Waals surface area contributed by atoms with Crippen LogP contribution in [0.5, 0.6) is 0 Å². The predicted molar refractivity (Wildman–Crippen MR) is 92.5 cm³/mol. The van der Waals surface area contributed by atoms with E-state index >= 15 is 0 Å². The van der Waals surface area contributed by atoms with Crippen LogP contribution in [0.15, 0.2) is 56.7 Å². The van der Waals surface area contributed by atoms with Crippen molar-refractivity contribution in [1.29, 1.82) is 0 Å². The van der Waals surface area contributed by atoms with Crippen molar-refractivity contribution in [2.24, 2.45) is 7.05 Å². The molecule has 1 unspecified atom stereocenters. The SMILES string of the molecule is CC(Sc1nnc(-c2ccco2)n1C)C(=O)c1ccc(Br)cc1. The van der Waals surface area contributed by atoms with Gasteiger partial charge >= 0.3 is 0 Å². The van der Waals surface area contributed by atoms with Crippen LogP contribution in [-0.2, 0) is 7.05 Å². The average molecular weight is 392 g/mol. The summed E-state index contributed by atoms with van der Waals surface area (Å²) in [5, 5.41) is 8.71. The van der Waals surface area contributed by atoms with Gasteiger partial charge in [-0.2, -0.15) is 0 Å². The monoisotopic (exact) mass is 391 g/mol. The number of furan rings is 1. The van der Waals surface area contributed by atoms with E-state index < -0.39 is 0 Å². The van der Waals surface area contributed by atoms with Crippen molar-refractivity contribution >= 4 is 33.5 Å². The number of ketones is 1.